The molecule has 0 unspecified atom stereocenters. The minimum atomic E-state index is -0.0214. The van der Waals surface area contributed by atoms with Crippen LogP contribution in [0.15, 0.2) is 42.5 Å². The van der Waals surface area contributed by atoms with E-state index >= 15 is 0 Å². The molecule has 0 fully saturated rings. The normalized spacial score (nSPS) is 10.6. The van der Waals surface area contributed by atoms with Gasteiger partial charge in [0.25, 0.3) is 0 Å². The van der Waals surface area contributed by atoms with Crippen molar-refractivity contribution in [1.82, 2.24) is 10.2 Å². The number of amides is 1. The Hall–Kier alpha value is -2.53. The van der Waals surface area contributed by atoms with Crippen LogP contribution >= 0.6 is 0 Å². The summed E-state index contributed by atoms with van der Waals surface area (Å²) in [6.45, 7) is 1.37. The number of hydrogen-bond donors (Lipinski definition) is 1. The van der Waals surface area contributed by atoms with E-state index in [0.29, 0.717) is 24.5 Å². The van der Waals surface area contributed by atoms with E-state index in [1.807, 2.05) is 44.4 Å². The van der Waals surface area contributed by atoms with Gasteiger partial charge in [-0.3, -0.25) is 4.79 Å². The molecule has 5 nitrogen and oxygen atoms in total. The van der Waals surface area contributed by atoms with Gasteiger partial charge >= 0.3 is 0 Å². The quantitative estimate of drug-likeness (QED) is 0.801. The van der Waals surface area contributed by atoms with Gasteiger partial charge in [0.05, 0.1) is 20.6 Å². The maximum absolute atomic E-state index is 12.3. The van der Waals surface area contributed by atoms with E-state index in [-0.39, 0.29) is 5.91 Å². The standard InChI is InChI=1S/C20H26N2O3/c1-22(2)14-17-8-6-5-7-16(17)13-21-20(23)12-15-9-10-18(24-3)19(11-15)25-4/h5-11H,12-14H2,1-4H3,(H,21,23). The Kier molecular flexibility index (Phi) is 6.83. The molecular formula is C20H26N2O3. The van der Waals surface area contributed by atoms with Crippen LogP contribution in [0.1, 0.15) is 16.7 Å². The summed E-state index contributed by atoms with van der Waals surface area (Å²) in [4.78, 5) is 14.4. The molecule has 25 heavy (non-hydrogen) atoms. The van der Waals surface area contributed by atoms with Gasteiger partial charge in [-0.05, 0) is 42.9 Å². The number of methoxy groups -OCH3 is 2. The largest absolute Gasteiger partial charge is 0.493 e. The zero-order chi connectivity index (χ0) is 18.2. The first-order valence-corrected chi connectivity index (χ1v) is 8.22. The van der Waals surface area contributed by atoms with E-state index in [0.717, 1.165) is 17.7 Å². The van der Waals surface area contributed by atoms with Crippen molar-refractivity contribution in [1.29, 1.82) is 0 Å². The average Bonchev–Trinajstić information content (AvgIpc) is 2.60. The molecule has 0 aromatic heterocycles. The molecule has 1 N–H and O–H groups in total. The summed E-state index contributed by atoms with van der Waals surface area (Å²) in [5, 5.41) is 3.00. The number of rotatable bonds is 8. The first-order valence-electron chi connectivity index (χ1n) is 8.22. The molecule has 2 rings (SSSR count). The molecule has 0 atom stereocenters. The third-order valence-corrected chi connectivity index (χ3v) is 3.89. The molecule has 2 aromatic carbocycles. The van der Waals surface area contributed by atoms with Crippen molar-refractivity contribution in [3.05, 3.63) is 59.2 Å². The fourth-order valence-corrected chi connectivity index (χ4v) is 2.66. The number of ether oxygens (including phenoxy) is 2. The third kappa shape index (κ3) is 5.50. The van der Waals surface area contributed by atoms with Crippen molar-refractivity contribution in [2.45, 2.75) is 19.5 Å². The zero-order valence-corrected chi connectivity index (χ0v) is 15.3. The van der Waals surface area contributed by atoms with Crippen LogP contribution in [0.2, 0.25) is 0 Å². The first-order chi connectivity index (χ1) is 12.0. The highest BCUT2D eigenvalue weighted by Gasteiger charge is 2.09. The van der Waals surface area contributed by atoms with Crippen LogP contribution < -0.4 is 14.8 Å². The van der Waals surface area contributed by atoms with Crippen molar-refractivity contribution in [3.63, 3.8) is 0 Å². The summed E-state index contributed by atoms with van der Waals surface area (Å²) in [5.41, 5.74) is 3.24. The fourth-order valence-electron chi connectivity index (χ4n) is 2.66. The molecule has 0 spiro atoms. The molecule has 0 bridgehead atoms. The second-order valence-corrected chi connectivity index (χ2v) is 6.15. The van der Waals surface area contributed by atoms with Crippen molar-refractivity contribution < 1.29 is 14.3 Å². The molecule has 0 saturated heterocycles. The van der Waals surface area contributed by atoms with Gasteiger partial charge in [-0.15, -0.1) is 0 Å². The highest BCUT2D eigenvalue weighted by molar-refractivity contribution is 5.78. The molecule has 0 aliphatic heterocycles. The van der Waals surface area contributed by atoms with E-state index in [1.54, 1.807) is 14.2 Å². The van der Waals surface area contributed by atoms with Gasteiger partial charge in [0, 0.05) is 13.1 Å². The molecule has 0 aliphatic rings. The Balaban J connectivity index is 1.97. The lowest BCUT2D eigenvalue weighted by molar-refractivity contribution is -0.120. The second kappa shape index (κ2) is 9.08. The monoisotopic (exact) mass is 342 g/mol. The van der Waals surface area contributed by atoms with E-state index in [1.165, 1.54) is 5.56 Å². The van der Waals surface area contributed by atoms with Gasteiger partial charge in [-0.25, -0.2) is 0 Å². The molecule has 134 valence electrons. The topological polar surface area (TPSA) is 50.8 Å². The Morgan fingerprint density at radius 1 is 1.00 bits per heavy atom. The lowest BCUT2D eigenvalue weighted by Crippen LogP contribution is -2.25. The fraction of sp³-hybridized carbons (Fsp3) is 0.350. The van der Waals surface area contributed by atoms with Crippen LogP contribution in [0.4, 0.5) is 0 Å². The van der Waals surface area contributed by atoms with Crippen LogP contribution in [0.5, 0.6) is 11.5 Å². The SMILES string of the molecule is COc1ccc(CC(=O)NCc2ccccc2CN(C)C)cc1OC. The van der Waals surface area contributed by atoms with Crippen molar-refractivity contribution >= 4 is 5.91 Å². The molecule has 1 amide bonds. The van der Waals surface area contributed by atoms with Gasteiger partial charge in [0.1, 0.15) is 0 Å². The van der Waals surface area contributed by atoms with Crippen molar-refractivity contribution in [2.24, 2.45) is 0 Å². The first kappa shape index (κ1) is 18.8. The van der Waals surface area contributed by atoms with Gasteiger partial charge < -0.3 is 19.7 Å². The van der Waals surface area contributed by atoms with E-state index in [9.17, 15) is 4.79 Å². The van der Waals surface area contributed by atoms with E-state index < -0.39 is 0 Å². The van der Waals surface area contributed by atoms with Crippen molar-refractivity contribution in [3.8, 4) is 11.5 Å². The maximum atomic E-state index is 12.3. The summed E-state index contributed by atoms with van der Waals surface area (Å²) in [7, 11) is 7.25. The van der Waals surface area contributed by atoms with Crippen LogP contribution in [0.25, 0.3) is 0 Å². The molecule has 0 saturated carbocycles. The minimum Gasteiger partial charge on any atom is -0.493 e. The number of nitrogens with one attached hydrogen (secondary N) is 1. The molecule has 5 heteroatoms. The van der Waals surface area contributed by atoms with Crippen molar-refractivity contribution in [2.75, 3.05) is 28.3 Å². The molecule has 0 heterocycles. The highest BCUT2D eigenvalue weighted by Crippen LogP contribution is 2.27. The number of carbonyl (C=O) groups excluding carboxylic acids is 1. The van der Waals surface area contributed by atoms with Gasteiger partial charge in [-0.2, -0.15) is 0 Å². The minimum absolute atomic E-state index is 0.0214. The zero-order valence-electron chi connectivity index (χ0n) is 15.3. The Bertz CT molecular complexity index is 714. The van der Waals surface area contributed by atoms with Crippen LogP contribution in [-0.4, -0.2) is 39.1 Å². The Morgan fingerprint density at radius 2 is 1.68 bits per heavy atom. The predicted octanol–water partition coefficient (Wildman–Crippen LogP) is 2.62. The summed E-state index contributed by atoms with van der Waals surface area (Å²) in [6, 6.07) is 13.7. The third-order valence-electron chi connectivity index (χ3n) is 3.89. The van der Waals surface area contributed by atoms with Crippen LogP contribution in [-0.2, 0) is 24.3 Å². The Labute approximate surface area is 149 Å². The number of hydrogen-bond acceptors (Lipinski definition) is 4. The number of nitrogens with zero attached hydrogens (tertiary/aromatic N) is 1. The van der Waals surface area contributed by atoms with E-state index in [2.05, 4.69) is 22.3 Å². The summed E-state index contributed by atoms with van der Waals surface area (Å²) < 4.78 is 10.5. The second-order valence-electron chi connectivity index (χ2n) is 6.15. The lowest BCUT2D eigenvalue weighted by Gasteiger charge is -2.15. The maximum Gasteiger partial charge on any atom is 0.224 e. The Morgan fingerprint density at radius 3 is 2.32 bits per heavy atom. The smallest absolute Gasteiger partial charge is 0.224 e. The summed E-state index contributed by atoms with van der Waals surface area (Å²) >= 11 is 0. The average molecular weight is 342 g/mol. The van der Waals surface area contributed by atoms with Gasteiger partial charge in [-0.1, -0.05) is 30.3 Å². The summed E-state index contributed by atoms with van der Waals surface area (Å²) in [5.74, 6) is 1.26. The number of benzene rings is 2. The highest BCUT2D eigenvalue weighted by atomic mass is 16.5. The van der Waals surface area contributed by atoms with Gasteiger partial charge in [0.2, 0.25) is 5.91 Å². The van der Waals surface area contributed by atoms with E-state index in [4.69, 9.17) is 9.47 Å². The van der Waals surface area contributed by atoms with Crippen LogP contribution in [0.3, 0.4) is 0 Å². The predicted molar refractivity (Wildman–Crippen MR) is 98.9 cm³/mol. The molecule has 0 radical (unpaired) electrons. The molecular weight excluding hydrogens is 316 g/mol. The molecule has 2 aromatic rings. The number of carbonyl (C=O) groups is 1. The molecule has 0 aliphatic carbocycles. The van der Waals surface area contributed by atoms with Gasteiger partial charge in [0.15, 0.2) is 11.5 Å². The summed E-state index contributed by atoms with van der Waals surface area (Å²) in [6.07, 6.45) is 0.302. The van der Waals surface area contributed by atoms with Crippen LogP contribution in [0, 0.1) is 0 Å². The lowest BCUT2D eigenvalue weighted by atomic mass is 10.1.